The van der Waals surface area contributed by atoms with Crippen LogP contribution in [0.15, 0.2) is 30.5 Å². The van der Waals surface area contributed by atoms with Gasteiger partial charge in [-0.25, -0.2) is 0 Å². The first kappa shape index (κ1) is 21.1. The third kappa shape index (κ3) is 5.64. The molecule has 0 amide bonds. The number of ether oxygens (including phenoxy) is 2. The van der Waals surface area contributed by atoms with Gasteiger partial charge in [0.25, 0.3) is 0 Å². The van der Waals surface area contributed by atoms with E-state index in [2.05, 4.69) is 21.0 Å². The summed E-state index contributed by atoms with van der Waals surface area (Å²) in [5.74, 6) is -0.267. The molecule has 1 aromatic carbocycles. The minimum atomic E-state index is -1.08. The van der Waals surface area contributed by atoms with E-state index in [1.807, 2.05) is 24.3 Å². The van der Waals surface area contributed by atoms with Crippen LogP contribution in [0.25, 0.3) is 0 Å². The molecule has 0 radical (unpaired) electrons. The summed E-state index contributed by atoms with van der Waals surface area (Å²) < 4.78 is 11.7. The molecule has 1 N–H and O–H groups in total. The van der Waals surface area contributed by atoms with Crippen molar-refractivity contribution < 1.29 is 24.2 Å². The van der Waals surface area contributed by atoms with E-state index in [9.17, 15) is 9.59 Å². The average molecular weight is 439 g/mol. The highest BCUT2D eigenvalue weighted by molar-refractivity contribution is 9.10. The van der Waals surface area contributed by atoms with Gasteiger partial charge in [-0.05, 0) is 37.5 Å². The molecule has 0 aliphatic carbocycles. The van der Waals surface area contributed by atoms with Gasteiger partial charge in [-0.15, -0.1) is 0 Å². The summed E-state index contributed by atoms with van der Waals surface area (Å²) in [6, 6.07) is 7.54. The zero-order valence-corrected chi connectivity index (χ0v) is 16.9. The Morgan fingerprint density at radius 1 is 1.30 bits per heavy atom. The molecule has 1 atom stereocenters. The number of rotatable bonds is 10. The van der Waals surface area contributed by atoms with Crippen molar-refractivity contribution >= 4 is 27.7 Å². The van der Waals surface area contributed by atoms with Crippen LogP contribution in [-0.4, -0.2) is 51.8 Å². The van der Waals surface area contributed by atoms with Crippen molar-refractivity contribution in [2.75, 3.05) is 20.3 Å². The molecule has 146 valence electrons. The zero-order chi connectivity index (χ0) is 19.8. The molecular weight excluding hydrogens is 416 g/mol. The SMILES string of the molecule is CCOC(=O)C(Br)C(=O)c1cn(Cc2ccc(OC)cc2)nc1CCCO. The second-order valence-electron chi connectivity index (χ2n) is 5.84. The van der Waals surface area contributed by atoms with E-state index in [1.165, 1.54) is 0 Å². The average Bonchev–Trinajstić information content (AvgIpc) is 3.08. The van der Waals surface area contributed by atoms with E-state index < -0.39 is 16.6 Å². The molecule has 1 aromatic heterocycles. The second kappa shape index (κ2) is 10.2. The topological polar surface area (TPSA) is 90.7 Å². The lowest BCUT2D eigenvalue weighted by atomic mass is 10.1. The first-order valence-corrected chi connectivity index (χ1v) is 9.56. The molecule has 0 fully saturated rings. The molecule has 2 aromatic rings. The first-order valence-electron chi connectivity index (χ1n) is 8.65. The van der Waals surface area contributed by atoms with Gasteiger partial charge in [-0.1, -0.05) is 28.1 Å². The van der Waals surface area contributed by atoms with Crippen molar-refractivity contribution in [3.05, 3.63) is 47.3 Å². The van der Waals surface area contributed by atoms with E-state index in [-0.39, 0.29) is 13.2 Å². The van der Waals surface area contributed by atoms with Gasteiger partial charge >= 0.3 is 5.97 Å². The Balaban J connectivity index is 2.24. The summed E-state index contributed by atoms with van der Waals surface area (Å²) in [5.41, 5.74) is 1.90. The lowest BCUT2D eigenvalue weighted by Gasteiger charge is -2.07. The monoisotopic (exact) mass is 438 g/mol. The minimum Gasteiger partial charge on any atom is -0.497 e. The van der Waals surface area contributed by atoms with E-state index in [0.29, 0.717) is 30.6 Å². The molecule has 0 aliphatic heterocycles. The minimum absolute atomic E-state index is 0.00537. The quantitative estimate of drug-likeness (QED) is 0.265. The summed E-state index contributed by atoms with van der Waals surface area (Å²) in [5, 5.41) is 13.6. The van der Waals surface area contributed by atoms with Crippen molar-refractivity contribution in [1.82, 2.24) is 9.78 Å². The van der Waals surface area contributed by atoms with Gasteiger partial charge in [-0.3, -0.25) is 14.3 Å². The van der Waals surface area contributed by atoms with Crippen LogP contribution < -0.4 is 4.74 Å². The fourth-order valence-electron chi connectivity index (χ4n) is 2.56. The molecule has 27 heavy (non-hydrogen) atoms. The van der Waals surface area contributed by atoms with Crippen molar-refractivity contribution in [2.24, 2.45) is 0 Å². The van der Waals surface area contributed by atoms with Crippen molar-refractivity contribution in [2.45, 2.75) is 31.1 Å². The number of benzene rings is 1. The molecule has 0 bridgehead atoms. The number of carbonyl (C=O) groups excluding carboxylic acids is 2. The van der Waals surface area contributed by atoms with Gasteiger partial charge < -0.3 is 14.6 Å². The van der Waals surface area contributed by atoms with Gasteiger partial charge in [0, 0.05) is 12.8 Å². The van der Waals surface area contributed by atoms with Crippen LogP contribution in [0.1, 0.15) is 35.0 Å². The number of halogens is 1. The number of aryl methyl sites for hydroxylation is 1. The summed E-state index contributed by atoms with van der Waals surface area (Å²) in [6.45, 7) is 2.34. The molecular formula is C19H23BrN2O5. The highest BCUT2D eigenvalue weighted by Crippen LogP contribution is 2.19. The highest BCUT2D eigenvalue weighted by atomic mass is 79.9. The zero-order valence-electron chi connectivity index (χ0n) is 15.4. The number of ketones is 1. The number of aliphatic hydroxyl groups is 1. The third-order valence-corrected chi connectivity index (χ3v) is 4.69. The molecule has 0 spiro atoms. The molecule has 1 heterocycles. The van der Waals surface area contributed by atoms with Crippen LogP contribution in [0.5, 0.6) is 5.75 Å². The van der Waals surface area contributed by atoms with Crippen LogP contribution >= 0.6 is 15.9 Å². The molecule has 7 nitrogen and oxygen atoms in total. The number of alkyl halides is 1. The Bertz CT molecular complexity index is 773. The van der Waals surface area contributed by atoms with Crippen molar-refractivity contribution in [1.29, 1.82) is 0 Å². The van der Waals surface area contributed by atoms with Gasteiger partial charge in [0.15, 0.2) is 10.6 Å². The van der Waals surface area contributed by atoms with Gasteiger partial charge in [0.2, 0.25) is 0 Å². The lowest BCUT2D eigenvalue weighted by molar-refractivity contribution is -0.141. The Hall–Kier alpha value is -2.19. The van der Waals surface area contributed by atoms with Crippen LogP contribution in [0, 0.1) is 0 Å². The van der Waals surface area contributed by atoms with Crippen LogP contribution in [0.2, 0.25) is 0 Å². The number of Topliss-reactive ketones (excluding diaryl/α,β-unsaturated/α-hetero) is 1. The van der Waals surface area contributed by atoms with E-state index >= 15 is 0 Å². The number of methoxy groups -OCH3 is 1. The maximum atomic E-state index is 12.7. The molecule has 1 unspecified atom stereocenters. The summed E-state index contributed by atoms with van der Waals surface area (Å²) in [4.78, 5) is 23.5. The van der Waals surface area contributed by atoms with Crippen molar-refractivity contribution in [3.8, 4) is 5.75 Å². The number of hydrogen-bond donors (Lipinski definition) is 1. The molecule has 8 heteroatoms. The summed E-state index contributed by atoms with van der Waals surface area (Å²) >= 11 is 3.12. The number of esters is 1. The Morgan fingerprint density at radius 2 is 2.00 bits per heavy atom. The maximum Gasteiger partial charge on any atom is 0.327 e. The van der Waals surface area contributed by atoms with E-state index in [1.54, 1.807) is 24.9 Å². The number of nitrogens with zero attached hydrogens (tertiary/aromatic N) is 2. The predicted molar refractivity (Wildman–Crippen MR) is 103 cm³/mol. The molecule has 2 rings (SSSR count). The van der Waals surface area contributed by atoms with Crippen molar-refractivity contribution in [3.63, 3.8) is 0 Å². The Morgan fingerprint density at radius 3 is 2.59 bits per heavy atom. The molecule has 0 aliphatic rings. The van der Waals surface area contributed by atoms with Crippen LogP contribution in [0.4, 0.5) is 0 Å². The normalized spacial score (nSPS) is 11.9. The van der Waals surface area contributed by atoms with Gasteiger partial charge in [-0.2, -0.15) is 5.10 Å². The largest absolute Gasteiger partial charge is 0.497 e. The van der Waals surface area contributed by atoms with Gasteiger partial charge in [0.1, 0.15) is 5.75 Å². The summed E-state index contributed by atoms with van der Waals surface area (Å²) in [6.07, 6.45) is 2.55. The predicted octanol–water partition coefficient (Wildman–Crippen LogP) is 2.37. The smallest absolute Gasteiger partial charge is 0.327 e. The molecule has 0 saturated heterocycles. The van der Waals surface area contributed by atoms with E-state index in [4.69, 9.17) is 14.6 Å². The standard InChI is InChI=1S/C19H23BrN2O5/c1-3-27-19(25)17(20)18(24)15-12-22(21-16(15)5-4-10-23)11-13-6-8-14(26-2)9-7-13/h6-9,12,17,23H,3-5,10-11H2,1-2H3. The fraction of sp³-hybridized carbons (Fsp3) is 0.421. The van der Waals surface area contributed by atoms with E-state index in [0.717, 1.165) is 11.3 Å². The number of aromatic nitrogens is 2. The number of aliphatic hydroxyl groups excluding tert-OH is 1. The first-order chi connectivity index (χ1) is 13.0. The Kier molecular flexibility index (Phi) is 7.99. The summed E-state index contributed by atoms with van der Waals surface area (Å²) in [7, 11) is 1.61. The van der Waals surface area contributed by atoms with Crippen LogP contribution in [0.3, 0.4) is 0 Å². The van der Waals surface area contributed by atoms with Crippen LogP contribution in [-0.2, 0) is 22.5 Å². The molecule has 0 saturated carbocycles. The number of hydrogen-bond acceptors (Lipinski definition) is 6. The lowest BCUT2D eigenvalue weighted by Crippen LogP contribution is -2.27. The number of carbonyl (C=O) groups is 2. The second-order valence-corrected chi connectivity index (χ2v) is 6.76. The highest BCUT2D eigenvalue weighted by Gasteiger charge is 2.29. The van der Waals surface area contributed by atoms with Gasteiger partial charge in [0.05, 0.1) is 31.5 Å². The maximum absolute atomic E-state index is 12.7. The Labute approximate surface area is 166 Å². The third-order valence-electron chi connectivity index (χ3n) is 3.90. The fourth-order valence-corrected chi connectivity index (χ4v) is 2.94.